The molecule has 0 spiro atoms. The van der Waals surface area contributed by atoms with Crippen molar-refractivity contribution in [3.05, 3.63) is 36.5 Å². The molecule has 156 valence electrons. The molecule has 0 bridgehead atoms. The number of pyridine rings is 1. The lowest BCUT2D eigenvalue weighted by atomic mass is 9.84. The molecule has 29 heavy (non-hydrogen) atoms. The smallest absolute Gasteiger partial charge is 0.318 e. The van der Waals surface area contributed by atoms with Crippen LogP contribution in [-0.2, 0) is 4.74 Å². The molecule has 2 aliphatic rings. The fraction of sp³-hybridized carbons (Fsp3) is 0.591. The molecular formula is C22H31N5O2. The van der Waals surface area contributed by atoms with Crippen molar-refractivity contribution >= 4 is 6.03 Å². The molecule has 7 heteroatoms. The number of carbonyl (C=O) groups is 1. The summed E-state index contributed by atoms with van der Waals surface area (Å²) in [5.74, 6) is 1.52. The van der Waals surface area contributed by atoms with E-state index in [1.165, 1.54) is 19.3 Å². The number of methoxy groups -OCH3 is 1. The van der Waals surface area contributed by atoms with Crippen LogP contribution in [0.25, 0.3) is 11.3 Å². The number of nitrogens with one attached hydrogen (secondary N) is 2. The van der Waals surface area contributed by atoms with Crippen molar-refractivity contribution in [2.24, 2.45) is 5.92 Å². The van der Waals surface area contributed by atoms with Crippen LogP contribution in [-0.4, -0.2) is 51.7 Å². The number of aromatic nitrogens is 3. The Morgan fingerprint density at radius 3 is 3.00 bits per heavy atom. The van der Waals surface area contributed by atoms with E-state index < -0.39 is 0 Å². The summed E-state index contributed by atoms with van der Waals surface area (Å²) >= 11 is 0. The zero-order chi connectivity index (χ0) is 20.2. The van der Waals surface area contributed by atoms with Crippen LogP contribution in [0.15, 0.2) is 30.7 Å². The highest BCUT2D eigenvalue weighted by Crippen LogP contribution is 2.33. The monoisotopic (exact) mass is 397 g/mol. The normalized spacial score (nSPS) is 27.2. The Bertz CT molecular complexity index is 809. The van der Waals surface area contributed by atoms with Crippen molar-refractivity contribution in [1.29, 1.82) is 0 Å². The molecule has 2 fully saturated rings. The number of imidazole rings is 1. The lowest BCUT2D eigenvalue weighted by Crippen LogP contribution is -2.46. The van der Waals surface area contributed by atoms with Crippen molar-refractivity contribution in [1.82, 2.24) is 25.2 Å². The van der Waals surface area contributed by atoms with Gasteiger partial charge in [0.25, 0.3) is 0 Å². The van der Waals surface area contributed by atoms with Crippen LogP contribution in [0.5, 0.6) is 0 Å². The van der Waals surface area contributed by atoms with Crippen molar-refractivity contribution in [3.8, 4) is 11.3 Å². The molecule has 4 rings (SSSR count). The van der Waals surface area contributed by atoms with Crippen molar-refractivity contribution in [2.45, 2.75) is 63.6 Å². The summed E-state index contributed by atoms with van der Waals surface area (Å²) in [7, 11) is 1.71. The third-order valence-electron chi connectivity index (χ3n) is 6.43. The van der Waals surface area contributed by atoms with Gasteiger partial charge in [-0.05, 0) is 30.9 Å². The molecule has 1 saturated carbocycles. The number of urea groups is 1. The van der Waals surface area contributed by atoms with Crippen LogP contribution >= 0.6 is 0 Å². The van der Waals surface area contributed by atoms with Gasteiger partial charge in [-0.3, -0.25) is 4.98 Å². The van der Waals surface area contributed by atoms with Gasteiger partial charge in [-0.2, -0.15) is 0 Å². The van der Waals surface area contributed by atoms with Crippen molar-refractivity contribution in [2.75, 3.05) is 13.7 Å². The molecule has 2 unspecified atom stereocenters. The first-order valence-corrected chi connectivity index (χ1v) is 10.7. The number of hydrogen-bond acceptors (Lipinski definition) is 4. The van der Waals surface area contributed by atoms with Gasteiger partial charge in [0.05, 0.1) is 24.0 Å². The summed E-state index contributed by atoms with van der Waals surface area (Å²) in [4.78, 5) is 27.2. The highest BCUT2D eigenvalue weighted by atomic mass is 16.5. The quantitative estimate of drug-likeness (QED) is 0.801. The van der Waals surface area contributed by atoms with Gasteiger partial charge in [0.2, 0.25) is 0 Å². The molecule has 3 heterocycles. The first kappa shape index (κ1) is 19.9. The van der Waals surface area contributed by atoms with E-state index in [2.05, 4.69) is 27.2 Å². The number of nitrogens with zero attached hydrogens (tertiary/aromatic N) is 3. The summed E-state index contributed by atoms with van der Waals surface area (Å²) in [6.45, 7) is 2.82. The number of aromatic amines is 1. The van der Waals surface area contributed by atoms with Crippen LogP contribution in [0.1, 0.15) is 57.3 Å². The van der Waals surface area contributed by atoms with Crippen LogP contribution in [0.3, 0.4) is 0 Å². The Kier molecular flexibility index (Phi) is 6.13. The van der Waals surface area contributed by atoms with Gasteiger partial charge in [0.15, 0.2) is 0 Å². The van der Waals surface area contributed by atoms with E-state index in [-0.39, 0.29) is 24.2 Å². The summed E-state index contributed by atoms with van der Waals surface area (Å²) in [5, 5.41) is 3.29. The first-order valence-electron chi connectivity index (χ1n) is 10.7. The minimum Gasteiger partial charge on any atom is -0.380 e. The van der Waals surface area contributed by atoms with Gasteiger partial charge in [0.1, 0.15) is 5.82 Å². The maximum Gasteiger partial charge on any atom is 0.318 e. The van der Waals surface area contributed by atoms with Crippen LogP contribution in [0.4, 0.5) is 4.79 Å². The van der Waals surface area contributed by atoms with E-state index in [9.17, 15) is 4.79 Å². The van der Waals surface area contributed by atoms with Gasteiger partial charge in [-0.15, -0.1) is 0 Å². The largest absolute Gasteiger partial charge is 0.380 e. The van der Waals surface area contributed by atoms with Gasteiger partial charge in [-0.25, -0.2) is 9.78 Å². The Labute approximate surface area is 172 Å². The van der Waals surface area contributed by atoms with Gasteiger partial charge in [0, 0.05) is 44.1 Å². The van der Waals surface area contributed by atoms with Crippen LogP contribution in [0, 0.1) is 5.92 Å². The predicted octanol–water partition coefficient (Wildman–Crippen LogP) is 3.91. The average molecular weight is 398 g/mol. The molecule has 0 aromatic carbocycles. The minimum atomic E-state index is -0.115. The summed E-state index contributed by atoms with van der Waals surface area (Å²) < 4.78 is 5.59. The number of ether oxygens (including phenoxy) is 1. The highest BCUT2D eigenvalue weighted by Gasteiger charge is 2.39. The van der Waals surface area contributed by atoms with E-state index in [0.29, 0.717) is 6.54 Å². The molecule has 1 saturated heterocycles. The lowest BCUT2D eigenvalue weighted by molar-refractivity contribution is 0.109. The van der Waals surface area contributed by atoms with E-state index in [1.807, 2.05) is 29.4 Å². The zero-order valence-corrected chi connectivity index (χ0v) is 17.3. The molecule has 4 atom stereocenters. The SMILES string of the molecule is CCC1CCCC(NC(=O)N2C[C@H](OC)C[C@H]2c2ncc(-c3cccnc3)[nH]2)C1. The molecule has 1 aliphatic carbocycles. The fourth-order valence-electron chi connectivity index (χ4n) is 4.68. The Morgan fingerprint density at radius 1 is 1.34 bits per heavy atom. The third kappa shape index (κ3) is 4.45. The average Bonchev–Trinajstić information content (AvgIpc) is 3.41. The highest BCUT2D eigenvalue weighted by molar-refractivity contribution is 5.75. The van der Waals surface area contributed by atoms with Gasteiger partial charge < -0.3 is 19.9 Å². The molecule has 2 aromatic heterocycles. The molecule has 1 aliphatic heterocycles. The second-order valence-corrected chi connectivity index (χ2v) is 8.27. The number of likely N-dealkylation sites (tertiary alicyclic amines) is 1. The molecular weight excluding hydrogens is 366 g/mol. The second-order valence-electron chi connectivity index (χ2n) is 8.27. The standard InChI is InChI=1S/C22H31N5O2/c1-3-15-6-4-8-17(10-15)25-22(28)27-14-18(29-2)11-20(27)21-24-13-19(26-21)16-7-5-9-23-12-16/h5,7,9,12-13,15,17-18,20H,3-4,6,8,10-11,14H2,1-2H3,(H,24,26)(H,25,28)/t15?,17?,18-,20+/m1/s1. The van der Waals surface area contributed by atoms with Crippen LogP contribution < -0.4 is 5.32 Å². The number of amides is 2. The number of H-pyrrole nitrogens is 1. The second kappa shape index (κ2) is 8.95. The summed E-state index contributed by atoms with van der Waals surface area (Å²) in [6, 6.07) is 4.05. The predicted molar refractivity (Wildman–Crippen MR) is 111 cm³/mol. The third-order valence-corrected chi connectivity index (χ3v) is 6.43. The molecule has 7 nitrogen and oxygen atoms in total. The van der Waals surface area contributed by atoms with Crippen molar-refractivity contribution < 1.29 is 9.53 Å². The van der Waals surface area contributed by atoms with E-state index in [0.717, 1.165) is 42.3 Å². The maximum atomic E-state index is 13.1. The van der Waals surface area contributed by atoms with Gasteiger partial charge >= 0.3 is 6.03 Å². The number of hydrogen-bond donors (Lipinski definition) is 2. The first-order chi connectivity index (χ1) is 14.2. The fourth-order valence-corrected chi connectivity index (χ4v) is 4.68. The summed E-state index contributed by atoms with van der Waals surface area (Å²) in [5.41, 5.74) is 1.89. The number of rotatable bonds is 5. The molecule has 2 N–H and O–H groups in total. The van der Waals surface area contributed by atoms with Crippen LogP contribution in [0.2, 0.25) is 0 Å². The Balaban J connectivity index is 1.48. The van der Waals surface area contributed by atoms with E-state index in [1.54, 1.807) is 13.3 Å². The van der Waals surface area contributed by atoms with Crippen molar-refractivity contribution in [3.63, 3.8) is 0 Å². The zero-order valence-electron chi connectivity index (χ0n) is 17.3. The lowest BCUT2D eigenvalue weighted by Gasteiger charge is -2.32. The molecule has 2 amide bonds. The molecule has 2 aromatic rings. The maximum absolute atomic E-state index is 13.1. The van der Waals surface area contributed by atoms with E-state index >= 15 is 0 Å². The summed E-state index contributed by atoms with van der Waals surface area (Å²) in [6.07, 6.45) is 12.0. The Morgan fingerprint density at radius 2 is 2.24 bits per heavy atom. The number of carbonyl (C=O) groups excluding carboxylic acids is 1. The van der Waals surface area contributed by atoms with E-state index in [4.69, 9.17) is 4.74 Å². The van der Waals surface area contributed by atoms with Gasteiger partial charge in [-0.1, -0.05) is 26.2 Å². The topological polar surface area (TPSA) is 83.1 Å². The molecule has 0 radical (unpaired) electrons. The Hall–Kier alpha value is -2.41. The minimum absolute atomic E-state index is 0.00405.